The fourth-order valence-electron chi connectivity index (χ4n) is 3.28. The third kappa shape index (κ3) is 7.74. The van der Waals surface area contributed by atoms with Crippen molar-refractivity contribution < 1.29 is 9.59 Å². The van der Waals surface area contributed by atoms with Crippen molar-refractivity contribution in [1.29, 1.82) is 0 Å². The molecule has 0 radical (unpaired) electrons. The highest BCUT2D eigenvalue weighted by Crippen LogP contribution is 2.26. The minimum Gasteiger partial charge on any atom is -0.324 e. The van der Waals surface area contributed by atoms with E-state index in [9.17, 15) is 9.59 Å². The number of amides is 2. The lowest BCUT2D eigenvalue weighted by molar-refractivity contribution is -0.121. The molecule has 27 heavy (non-hydrogen) atoms. The quantitative estimate of drug-likeness (QED) is 0.451. The minimum absolute atomic E-state index is 0.0157. The van der Waals surface area contributed by atoms with Crippen molar-refractivity contribution in [2.24, 2.45) is 11.8 Å². The molecule has 0 fully saturated rings. The third-order valence-corrected chi connectivity index (χ3v) is 5.23. The zero-order valence-corrected chi connectivity index (χ0v) is 17.9. The topological polar surface area (TPSA) is 58.2 Å². The van der Waals surface area contributed by atoms with Crippen LogP contribution in [0.2, 0.25) is 0 Å². The lowest BCUT2D eigenvalue weighted by atomic mass is 9.97. The number of rotatable bonds is 12. The summed E-state index contributed by atoms with van der Waals surface area (Å²) in [6, 6.07) is 5.79. The maximum absolute atomic E-state index is 12.7. The zero-order valence-electron chi connectivity index (χ0n) is 17.9. The van der Waals surface area contributed by atoms with Crippen LogP contribution in [0.25, 0.3) is 0 Å². The molecule has 0 spiro atoms. The number of benzene rings is 1. The van der Waals surface area contributed by atoms with Crippen LogP contribution < -0.4 is 10.6 Å². The van der Waals surface area contributed by atoms with Gasteiger partial charge in [0.25, 0.3) is 0 Å². The van der Waals surface area contributed by atoms with E-state index in [1.165, 1.54) is 0 Å². The van der Waals surface area contributed by atoms with Gasteiger partial charge in [-0.1, -0.05) is 59.4 Å². The minimum atomic E-state index is 0.0157. The predicted octanol–water partition coefficient (Wildman–Crippen LogP) is 6.30. The number of hydrogen-bond acceptors (Lipinski definition) is 2. The summed E-state index contributed by atoms with van der Waals surface area (Å²) in [5.41, 5.74) is 2.45. The van der Waals surface area contributed by atoms with Gasteiger partial charge in [-0.05, 0) is 50.3 Å². The van der Waals surface area contributed by atoms with Gasteiger partial charge in [0.1, 0.15) is 0 Å². The second kappa shape index (κ2) is 12.5. The van der Waals surface area contributed by atoms with Crippen molar-refractivity contribution in [2.75, 3.05) is 10.6 Å². The summed E-state index contributed by atoms with van der Waals surface area (Å²) in [6.45, 7) is 10.4. The highest BCUT2D eigenvalue weighted by atomic mass is 16.2. The van der Waals surface area contributed by atoms with Gasteiger partial charge < -0.3 is 10.6 Å². The smallest absolute Gasteiger partial charge is 0.227 e. The Balaban J connectivity index is 2.90. The van der Waals surface area contributed by atoms with Crippen molar-refractivity contribution in [2.45, 2.75) is 86.0 Å². The van der Waals surface area contributed by atoms with Gasteiger partial charge in [0, 0.05) is 11.8 Å². The van der Waals surface area contributed by atoms with Gasteiger partial charge in [-0.25, -0.2) is 0 Å². The molecule has 0 aromatic heterocycles. The van der Waals surface area contributed by atoms with Crippen molar-refractivity contribution >= 4 is 23.2 Å². The first-order valence-corrected chi connectivity index (χ1v) is 10.7. The molecule has 1 rings (SSSR count). The van der Waals surface area contributed by atoms with Crippen molar-refractivity contribution in [1.82, 2.24) is 0 Å². The molecule has 2 N–H and O–H groups in total. The lowest BCUT2D eigenvalue weighted by Crippen LogP contribution is -2.25. The van der Waals surface area contributed by atoms with E-state index in [1.54, 1.807) is 0 Å². The van der Waals surface area contributed by atoms with Crippen LogP contribution >= 0.6 is 0 Å². The van der Waals surface area contributed by atoms with E-state index >= 15 is 0 Å². The maximum Gasteiger partial charge on any atom is 0.227 e. The van der Waals surface area contributed by atoms with E-state index < -0.39 is 0 Å². The standard InChI is InChI=1S/C23H38N2O2/c1-6-10-12-18(8-3)22(26)24-20-15-14-17(5)16-21(20)25-23(27)19(9-4)13-11-7-2/h14-16,18-19H,6-13H2,1-5H3,(H,24,26)(H,25,27)/t18-,19+/m0/s1. The van der Waals surface area contributed by atoms with E-state index in [4.69, 9.17) is 0 Å². The van der Waals surface area contributed by atoms with Crippen molar-refractivity contribution in [3.63, 3.8) is 0 Å². The number of unbranched alkanes of at least 4 members (excludes halogenated alkanes) is 2. The molecule has 0 aliphatic heterocycles. The zero-order chi connectivity index (χ0) is 20.2. The number of carbonyl (C=O) groups excluding carboxylic acids is 2. The molecule has 1 aromatic carbocycles. The Morgan fingerprint density at radius 2 is 1.30 bits per heavy atom. The van der Waals surface area contributed by atoms with E-state index in [-0.39, 0.29) is 23.7 Å². The average Bonchev–Trinajstić information content (AvgIpc) is 2.65. The first kappa shape index (κ1) is 23.2. The normalized spacial score (nSPS) is 13.1. The highest BCUT2D eigenvalue weighted by Gasteiger charge is 2.20. The second-order valence-corrected chi connectivity index (χ2v) is 7.52. The Bertz CT molecular complexity index is 598. The summed E-state index contributed by atoms with van der Waals surface area (Å²) in [7, 11) is 0. The van der Waals surface area contributed by atoms with Crippen LogP contribution in [0, 0.1) is 18.8 Å². The molecule has 0 bridgehead atoms. The van der Waals surface area contributed by atoms with E-state index in [1.807, 2.05) is 25.1 Å². The SMILES string of the molecule is CCCC[C@@H](CC)C(=O)Nc1cc(C)ccc1NC(=O)[C@@H](CC)CCCC. The summed E-state index contributed by atoms with van der Waals surface area (Å²) in [5.74, 6) is 0.123. The second-order valence-electron chi connectivity index (χ2n) is 7.52. The first-order valence-electron chi connectivity index (χ1n) is 10.7. The molecule has 4 nitrogen and oxygen atoms in total. The van der Waals surface area contributed by atoms with Crippen LogP contribution in [-0.2, 0) is 9.59 Å². The monoisotopic (exact) mass is 374 g/mol. The maximum atomic E-state index is 12.7. The fourth-order valence-corrected chi connectivity index (χ4v) is 3.28. The molecule has 0 aliphatic rings. The van der Waals surface area contributed by atoms with Gasteiger partial charge in [-0.2, -0.15) is 0 Å². The van der Waals surface area contributed by atoms with E-state index in [0.29, 0.717) is 11.4 Å². The molecule has 0 unspecified atom stereocenters. The Kier molecular flexibility index (Phi) is 10.8. The molecule has 152 valence electrons. The Morgan fingerprint density at radius 3 is 1.74 bits per heavy atom. The van der Waals surface area contributed by atoms with Crippen molar-refractivity contribution in [3.8, 4) is 0 Å². The van der Waals surface area contributed by atoms with Crippen LogP contribution in [0.5, 0.6) is 0 Å². The lowest BCUT2D eigenvalue weighted by Gasteiger charge is -2.19. The molecule has 2 atom stereocenters. The van der Waals surface area contributed by atoms with Gasteiger partial charge in [-0.3, -0.25) is 9.59 Å². The summed E-state index contributed by atoms with van der Waals surface area (Å²) >= 11 is 0. The van der Waals surface area contributed by atoms with Crippen LogP contribution in [0.15, 0.2) is 18.2 Å². The highest BCUT2D eigenvalue weighted by molar-refractivity contribution is 6.01. The molecule has 0 saturated heterocycles. The van der Waals surface area contributed by atoms with Gasteiger partial charge in [0.05, 0.1) is 11.4 Å². The number of aryl methyl sites for hydroxylation is 1. The Labute approximate surface area is 165 Å². The number of anilines is 2. The molecule has 0 aliphatic carbocycles. The molecule has 1 aromatic rings. The van der Waals surface area contributed by atoms with Crippen LogP contribution in [0.4, 0.5) is 11.4 Å². The molecule has 2 amide bonds. The van der Waals surface area contributed by atoms with Crippen LogP contribution in [0.1, 0.15) is 84.6 Å². The van der Waals surface area contributed by atoms with Crippen molar-refractivity contribution in [3.05, 3.63) is 23.8 Å². The third-order valence-electron chi connectivity index (χ3n) is 5.23. The number of nitrogens with one attached hydrogen (secondary N) is 2. The van der Waals surface area contributed by atoms with Gasteiger partial charge >= 0.3 is 0 Å². The molecule has 4 heteroatoms. The number of hydrogen-bond donors (Lipinski definition) is 2. The van der Waals surface area contributed by atoms with Gasteiger partial charge in [0.2, 0.25) is 11.8 Å². The van der Waals surface area contributed by atoms with Gasteiger partial charge in [0.15, 0.2) is 0 Å². The summed E-state index contributed by atoms with van der Waals surface area (Å²) < 4.78 is 0. The number of carbonyl (C=O) groups is 2. The average molecular weight is 375 g/mol. The Morgan fingerprint density at radius 1 is 0.815 bits per heavy atom. The largest absolute Gasteiger partial charge is 0.324 e. The molecular formula is C23H38N2O2. The summed E-state index contributed by atoms with van der Waals surface area (Å²) in [6.07, 6.45) is 7.75. The van der Waals surface area contributed by atoms with Crippen LogP contribution in [0.3, 0.4) is 0 Å². The molecule has 0 saturated carbocycles. The molecular weight excluding hydrogens is 336 g/mol. The fraction of sp³-hybridized carbons (Fsp3) is 0.652. The summed E-state index contributed by atoms with van der Waals surface area (Å²) in [4.78, 5) is 25.4. The van der Waals surface area contributed by atoms with E-state index in [0.717, 1.165) is 56.9 Å². The predicted molar refractivity (Wildman–Crippen MR) is 115 cm³/mol. The first-order chi connectivity index (χ1) is 13.0. The molecule has 0 heterocycles. The summed E-state index contributed by atoms with van der Waals surface area (Å²) in [5, 5.41) is 6.11. The van der Waals surface area contributed by atoms with Gasteiger partial charge in [-0.15, -0.1) is 0 Å². The van der Waals surface area contributed by atoms with Crippen LogP contribution in [-0.4, -0.2) is 11.8 Å². The Hall–Kier alpha value is -1.84. The van der Waals surface area contributed by atoms with E-state index in [2.05, 4.69) is 38.3 Å².